The molecule has 1 aromatic carbocycles. The summed E-state index contributed by atoms with van der Waals surface area (Å²) in [5.74, 6) is 0. The Kier molecular flexibility index (Phi) is 5.43. The number of nitrogens with two attached hydrogens (primary N) is 1. The van der Waals surface area contributed by atoms with Crippen LogP contribution in [0, 0.1) is 0 Å². The fourth-order valence-electron chi connectivity index (χ4n) is 1.80. The van der Waals surface area contributed by atoms with Crippen LogP contribution in [0.2, 0.25) is 0 Å². The van der Waals surface area contributed by atoms with Crippen LogP contribution in [0.15, 0.2) is 24.3 Å². The third-order valence-electron chi connectivity index (χ3n) is 2.66. The Bertz CT molecular complexity index is 350. The van der Waals surface area contributed by atoms with E-state index in [2.05, 4.69) is 24.8 Å². The SMILES string of the molecule is CCCN(CC)Cc1ccccc1C(N)=S. The normalized spacial score (nSPS) is 10.7. The smallest absolute Gasteiger partial charge is 0.104 e. The van der Waals surface area contributed by atoms with Gasteiger partial charge in [0.05, 0.1) is 0 Å². The second kappa shape index (κ2) is 6.61. The fourth-order valence-corrected chi connectivity index (χ4v) is 2.00. The number of hydrogen-bond acceptors (Lipinski definition) is 2. The van der Waals surface area contributed by atoms with Crippen molar-refractivity contribution in [3.05, 3.63) is 35.4 Å². The molecule has 0 unspecified atom stereocenters. The first-order valence-electron chi connectivity index (χ1n) is 5.79. The van der Waals surface area contributed by atoms with Gasteiger partial charge in [0, 0.05) is 12.1 Å². The van der Waals surface area contributed by atoms with Crippen molar-refractivity contribution in [1.29, 1.82) is 0 Å². The summed E-state index contributed by atoms with van der Waals surface area (Å²) < 4.78 is 0. The lowest BCUT2D eigenvalue weighted by molar-refractivity contribution is 0.280. The van der Waals surface area contributed by atoms with Gasteiger partial charge in [-0.3, -0.25) is 4.90 Å². The number of thiocarbonyl (C=S) groups is 1. The molecule has 0 fully saturated rings. The van der Waals surface area contributed by atoms with Crippen molar-refractivity contribution in [1.82, 2.24) is 4.90 Å². The standard InChI is InChI=1S/C13H20N2S/c1-3-9-15(4-2)10-11-7-5-6-8-12(11)13(14)16/h5-8H,3-4,9-10H2,1-2H3,(H2,14,16). The summed E-state index contributed by atoms with van der Waals surface area (Å²) in [5.41, 5.74) is 7.95. The van der Waals surface area contributed by atoms with Crippen LogP contribution < -0.4 is 5.73 Å². The highest BCUT2D eigenvalue weighted by molar-refractivity contribution is 7.80. The van der Waals surface area contributed by atoms with Crippen molar-refractivity contribution in [3.8, 4) is 0 Å². The molecule has 0 spiro atoms. The predicted molar refractivity (Wildman–Crippen MR) is 73.6 cm³/mol. The molecule has 16 heavy (non-hydrogen) atoms. The summed E-state index contributed by atoms with van der Waals surface area (Å²) in [6, 6.07) is 8.12. The topological polar surface area (TPSA) is 29.3 Å². The van der Waals surface area contributed by atoms with Gasteiger partial charge in [-0.2, -0.15) is 0 Å². The first-order valence-corrected chi connectivity index (χ1v) is 6.19. The fraction of sp³-hybridized carbons (Fsp3) is 0.462. The van der Waals surface area contributed by atoms with Gasteiger partial charge in [0.25, 0.3) is 0 Å². The second-order valence-electron chi connectivity index (χ2n) is 3.89. The van der Waals surface area contributed by atoms with Gasteiger partial charge < -0.3 is 5.73 Å². The van der Waals surface area contributed by atoms with Gasteiger partial charge in [0.1, 0.15) is 4.99 Å². The summed E-state index contributed by atoms with van der Waals surface area (Å²) in [5, 5.41) is 0. The molecule has 0 aromatic heterocycles. The molecule has 3 heteroatoms. The Morgan fingerprint density at radius 1 is 1.31 bits per heavy atom. The van der Waals surface area contributed by atoms with Crippen molar-refractivity contribution in [2.45, 2.75) is 26.8 Å². The lowest BCUT2D eigenvalue weighted by Gasteiger charge is -2.21. The highest BCUT2D eigenvalue weighted by Crippen LogP contribution is 2.11. The van der Waals surface area contributed by atoms with Gasteiger partial charge in [-0.05, 0) is 25.1 Å². The van der Waals surface area contributed by atoms with Crippen LogP contribution in [-0.4, -0.2) is 23.0 Å². The van der Waals surface area contributed by atoms with E-state index >= 15 is 0 Å². The summed E-state index contributed by atoms with van der Waals surface area (Å²) in [6.07, 6.45) is 1.17. The molecule has 0 bridgehead atoms. The van der Waals surface area contributed by atoms with Gasteiger partial charge in [-0.15, -0.1) is 0 Å². The van der Waals surface area contributed by atoms with E-state index < -0.39 is 0 Å². The molecule has 2 nitrogen and oxygen atoms in total. The number of benzene rings is 1. The van der Waals surface area contributed by atoms with Gasteiger partial charge in [0.15, 0.2) is 0 Å². The molecule has 0 aliphatic rings. The molecule has 0 radical (unpaired) electrons. The summed E-state index contributed by atoms with van der Waals surface area (Å²) >= 11 is 5.06. The molecule has 2 N–H and O–H groups in total. The Labute approximate surface area is 103 Å². The van der Waals surface area contributed by atoms with Crippen LogP contribution in [0.5, 0.6) is 0 Å². The van der Waals surface area contributed by atoms with Crippen LogP contribution in [0.1, 0.15) is 31.4 Å². The van der Waals surface area contributed by atoms with Crippen molar-refractivity contribution in [3.63, 3.8) is 0 Å². The van der Waals surface area contributed by atoms with E-state index in [0.717, 1.165) is 25.2 Å². The molecule has 0 amide bonds. The molecule has 0 aliphatic heterocycles. The summed E-state index contributed by atoms with van der Waals surface area (Å²) in [6.45, 7) is 7.47. The zero-order valence-electron chi connectivity index (χ0n) is 10.1. The third kappa shape index (κ3) is 3.58. The molecule has 1 rings (SSSR count). The summed E-state index contributed by atoms with van der Waals surface area (Å²) in [7, 11) is 0. The zero-order chi connectivity index (χ0) is 12.0. The van der Waals surface area contributed by atoms with E-state index in [1.165, 1.54) is 12.0 Å². The highest BCUT2D eigenvalue weighted by atomic mass is 32.1. The van der Waals surface area contributed by atoms with Gasteiger partial charge in [-0.1, -0.05) is 50.3 Å². The van der Waals surface area contributed by atoms with Gasteiger partial charge in [0.2, 0.25) is 0 Å². The number of rotatable bonds is 6. The van der Waals surface area contributed by atoms with Gasteiger partial charge >= 0.3 is 0 Å². The molecule has 88 valence electrons. The molecule has 0 saturated heterocycles. The second-order valence-corrected chi connectivity index (χ2v) is 4.33. The monoisotopic (exact) mass is 236 g/mol. The minimum absolute atomic E-state index is 0.489. The first kappa shape index (κ1) is 13.1. The minimum Gasteiger partial charge on any atom is -0.389 e. The van der Waals surface area contributed by atoms with E-state index in [-0.39, 0.29) is 0 Å². The highest BCUT2D eigenvalue weighted by Gasteiger charge is 2.07. The van der Waals surface area contributed by atoms with Crippen LogP contribution in [0.3, 0.4) is 0 Å². The number of hydrogen-bond donors (Lipinski definition) is 1. The van der Waals surface area contributed by atoms with Crippen LogP contribution in [-0.2, 0) is 6.54 Å². The number of nitrogens with zero attached hydrogens (tertiary/aromatic N) is 1. The maximum atomic E-state index is 5.72. The van der Waals surface area contributed by atoms with Crippen molar-refractivity contribution in [2.24, 2.45) is 5.73 Å². The van der Waals surface area contributed by atoms with E-state index in [0.29, 0.717) is 4.99 Å². The quantitative estimate of drug-likeness (QED) is 0.770. The zero-order valence-corrected chi connectivity index (χ0v) is 10.9. The van der Waals surface area contributed by atoms with Crippen LogP contribution >= 0.6 is 12.2 Å². The van der Waals surface area contributed by atoms with E-state index in [1.807, 2.05) is 18.2 Å². The third-order valence-corrected chi connectivity index (χ3v) is 2.88. The van der Waals surface area contributed by atoms with Crippen LogP contribution in [0.25, 0.3) is 0 Å². The van der Waals surface area contributed by atoms with E-state index in [9.17, 15) is 0 Å². The van der Waals surface area contributed by atoms with Crippen molar-refractivity contribution >= 4 is 17.2 Å². The Hall–Kier alpha value is -0.930. The maximum absolute atomic E-state index is 5.72. The molecule has 0 heterocycles. The molecule has 0 aliphatic carbocycles. The van der Waals surface area contributed by atoms with E-state index in [4.69, 9.17) is 18.0 Å². The lowest BCUT2D eigenvalue weighted by Crippen LogP contribution is -2.25. The minimum atomic E-state index is 0.489. The Morgan fingerprint density at radius 3 is 2.56 bits per heavy atom. The van der Waals surface area contributed by atoms with Crippen molar-refractivity contribution in [2.75, 3.05) is 13.1 Å². The molecule has 0 saturated carbocycles. The molecule has 1 aromatic rings. The Balaban J connectivity index is 2.82. The maximum Gasteiger partial charge on any atom is 0.104 e. The molecular weight excluding hydrogens is 216 g/mol. The average Bonchev–Trinajstić information content (AvgIpc) is 2.29. The van der Waals surface area contributed by atoms with Crippen LogP contribution in [0.4, 0.5) is 0 Å². The predicted octanol–water partition coefficient (Wildman–Crippen LogP) is 2.55. The average molecular weight is 236 g/mol. The Morgan fingerprint density at radius 2 is 2.00 bits per heavy atom. The summed E-state index contributed by atoms with van der Waals surface area (Å²) in [4.78, 5) is 2.89. The lowest BCUT2D eigenvalue weighted by atomic mass is 10.1. The molecular formula is C13H20N2S. The van der Waals surface area contributed by atoms with Gasteiger partial charge in [-0.25, -0.2) is 0 Å². The van der Waals surface area contributed by atoms with Crippen molar-refractivity contribution < 1.29 is 0 Å². The first-order chi connectivity index (χ1) is 7.69. The molecule has 0 atom stereocenters. The van der Waals surface area contributed by atoms with E-state index in [1.54, 1.807) is 0 Å². The largest absolute Gasteiger partial charge is 0.389 e.